The van der Waals surface area contributed by atoms with Crippen molar-refractivity contribution in [2.24, 2.45) is 0 Å². The van der Waals surface area contributed by atoms with Gasteiger partial charge in [-0.15, -0.1) is 0 Å². The van der Waals surface area contributed by atoms with Gasteiger partial charge >= 0.3 is 5.97 Å². The van der Waals surface area contributed by atoms with Crippen LogP contribution in [0.3, 0.4) is 0 Å². The lowest BCUT2D eigenvalue weighted by Crippen LogP contribution is -2.52. The van der Waals surface area contributed by atoms with Crippen molar-refractivity contribution in [1.82, 2.24) is 5.32 Å². The third-order valence-corrected chi connectivity index (χ3v) is 4.22. The van der Waals surface area contributed by atoms with Gasteiger partial charge in [-0.2, -0.15) is 0 Å². The first kappa shape index (κ1) is 18.4. The molecule has 0 amide bonds. The Kier molecular flexibility index (Phi) is 8.27. The van der Waals surface area contributed by atoms with Crippen molar-refractivity contribution in [1.29, 1.82) is 0 Å². The Labute approximate surface area is 130 Å². The van der Waals surface area contributed by atoms with Crippen molar-refractivity contribution in [2.45, 2.75) is 89.8 Å². The lowest BCUT2D eigenvalue weighted by Gasteiger charge is -2.30. The van der Waals surface area contributed by atoms with Gasteiger partial charge in [0.05, 0.1) is 13.2 Å². The van der Waals surface area contributed by atoms with E-state index in [1.165, 1.54) is 39.2 Å². The maximum Gasteiger partial charge on any atom is 0.325 e. The van der Waals surface area contributed by atoms with Crippen LogP contribution in [-0.4, -0.2) is 37.4 Å². The minimum Gasteiger partial charge on any atom is -0.468 e. The van der Waals surface area contributed by atoms with Gasteiger partial charge in [-0.25, -0.2) is 0 Å². The predicted octanol–water partition coefficient (Wildman–Crippen LogP) is 3.44. The average Bonchev–Trinajstić information content (AvgIpc) is 2.46. The number of unbranched alkanes of at least 4 members (excludes halogenated alkanes) is 1. The third kappa shape index (κ3) is 6.79. The predicted molar refractivity (Wildman–Crippen MR) is 85.4 cm³/mol. The van der Waals surface area contributed by atoms with Gasteiger partial charge in [0.2, 0.25) is 0 Å². The summed E-state index contributed by atoms with van der Waals surface area (Å²) in [6.07, 6.45) is 9.64. The van der Waals surface area contributed by atoms with Gasteiger partial charge in [0.15, 0.2) is 0 Å². The molecule has 0 radical (unpaired) electrons. The number of hydrogen-bond acceptors (Lipinski definition) is 4. The van der Waals surface area contributed by atoms with Crippen molar-refractivity contribution in [3.63, 3.8) is 0 Å². The first-order chi connectivity index (χ1) is 9.98. The van der Waals surface area contributed by atoms with Crippen LogP contribution in [0.25, 0.3) is 0 Å². The highest BCUT2D eigenvalue weighted by Crippen LogP contribution is 2.21. The second-order valence-electron chi connectivity index (χ2n) is 6.71. The topological polar surface area (TPSA) is 47.6 Å². The van der Waals surface area contributed by atoms with Crippen LogP contribution in [-0.2, 0) is 14.3 Å². The van der Waals surface area contributed by atoms with E-state index in [4.69, 9.17) is 9.47 Å². The molecule has 1 atom stereocenters. The van der Waals surface area contributed by atoms with E-state index < -0.39 is 5.54 Å². The fourth-order valence-corrected chi connectivity index (χ4v) is 3.16. The highest BCUT2D eigenvalue weighted by atomic mass is 16.5. The normalized spacial score (nSPS) is 19.5. The van der Waals surface area contributed by atoms with E-state index in [1.807, 2.05) is 20.8 Å². The Morgan fingerprint density at radius 1 is 1.24 bits per heavy atom. The zero-order valence-corrected chi connectivity index (χ0v) is 14.2. The van der Waals surface area contributed by atoms with Crippen LogP contribution in [0.2, 0.25) is 0 Å². The number of hydrogen-bond donors (Lipinski definition) is 1. The number of ether oxygens (including phenoxy) is 2. The van der Waals surface area contributed by atoms with E-state index in [9.17, 15) is 4.79 Å². The number of nitrogens with one attached hydrogen (secondary N) is 1. The smallest absolute Gasteiger partial charge is 0.325 e. The van der Waals surface area contributed by atoms with Gasteiger partial charge in [0.25, 0.3) is 0 Å². The second kappa shape index (κ2) is 9.42. The van der Waals surface area contributed by atoms with Crippen LogP contribution in [0, 0.1) is 0 Å². The number of rotatable bonds is 9. The molecule has 1 fully saturated rings. The Morgan fingerprint density at radius 3 is 2.48 bits per heavy atom. The zero-order valence-electron chi connectivity index (χ0n) is 14.2. The molecule has 1 saturated carbocycles. The van der Waals surface area contributed by atoms with Crippen molar-refractivity contribution >= 4 is 5.97 Å². The minimum atomic E-state index is -0.590. The summed E-state index contributed by atoms with van der Waals surface area (Å²) in [4.78, 5) is 12.0. The molecule has 0 heterocycles. The summed E-state index contributed by atoms with van der Waals surface area (Å²) in [7, 11) is 1.45. The molecule has 1 rings (SSSR count). The molecule has 0 saturated heterocycles. The highest BCUT2D eigenvalue weighted by molar-refractivity contribution is 5.80. The molecule has 1 aliphatic rings. The molecule has 124 valence electrons. The van der Waals surface area contributed by atoms with Crippen LogP contribution >= 0.6 is 0 Å². The van der Waals surface area contributed by atoms with Crippen LogP contribution in [0.5, 0.6) is 0 Å². The molecule has 0 aromatic carbocycles. The van der Waals surface area contributed by atoms with Crippen molar-refractivity contribution in [3.05, 3.63) is 0 Å². The largest absolute Gasteiger partial charge is 0.468 e. The molecule has 0 bridgehead atoms. The molecular formula is C17H33NO3. The molecule has 1 aliphatic carbocycles. The first-order valence-electron chi connectivity index (χ1n) is 8.45. The van der Waals surface area contributed by atoms with E-state index in [2.05, 4.69) is 5.32 Å². The summed E-state index contributed by atoms with van der Waals surface area (Å²) in [6, 6.07) is 0.257. The zero-order chi connectivity index (χ0) is 15.7. The molecule has 1 N–H and O–H groups in total. The van der Waals surface area contributed by atoms with E-state index in [-0.39, 0.29) is 12.0 Å². The van der Waals surface area contributed by atoms with Crippen LogP contribution in [0.4, 0.5) is 0 Å². The second-order valence-corrected chi connectivity index (χ2v) is 6.71. The molecule has 4 nitrogen and oxygen atoms in total. The quantitative estimate of drug-likeness (QED) is 0.523. The van der Waals surface area contributed by atoms with E-state index >= 15 is 0 Å². The molecule has 21 heavy (non-hydrogen) atoms. The summed E-state index contributed by atoms with van der Waals surface area (Å²) in [5.41, 5.74) is -0.590. The van der Waals surface area contributed by atoms with Gasteiger partial charge < -0.3 is 9.47 Å². The number of carbonyl (C=O) groups is 1. The minimum absolute atomic E-state index is 0.176. The highest BCUT2D eigenvalue weighted by Gasteiger charge is 2.33. The van der Waals surface area contributed by atoms with Gasteiger partial charge in [-0.1, -0.05) is 19.3 Å². The molecule has 4 heteroatoms. The van der Waals surface area contributed by atoms with Gasteiger partial charge in [-0.3, -0.25) is 10.1 Å². The van der Waals surface area contributed by atoms with Crippen molar-refractivity contribution < 1.29 is 14.3 Å². The number of methoxy groups -OCH3 is 1. The summed E-state index contributed by atoms with van der Waals surface area (Å²) in [5, 5.41) is 3.33. The van der Waals surface area contributed by atoms with Gasteiger partial charge in [0.1, 0.15) is 5.54 Å². The van der Waals surface area contributed by atoms with Gasteiger partial charge in [0, 0.05) is 12.6 Å². The number of esters is 1. The molecular weight excluding hydrogens is 266 g/mol. The molecule has 0 aromatic heterocycles. The average molecular weight is 299 g/mol. The van der Waals surface area contributed by atoms with Crippen molar-refractivity contribution in [2.75, 3.05) is 13.7 Å². The van der Waals surface area contributed by atoms with Crippen LogP contribution < -0.4 is 5.32 Å². The number of carbonyl (C=O) groups excluding carboxylic acids is 1. The SMILES string of the molecule is COC(=O)C(C)(CCCCOC1CCCCC1)NC(C)C. The Balaban J connectivity index is 2.24. The molecule has 1 unspecified atom stereocenters. The Morgan fingerprint density at radius 2 is 1.90 bits per heavy atom. The maximum absolute atomic E-state index is 12.0. The summed E-state index contributed by atoms with van der Waals surface area (Å²) < 4.78 is 10.9. The van der Waals surface area contributed by atoms with E-state index in [1.54, 1.807) is 0 Å². The van der Waals surface area contributed by atoms with E-state index in [0.29, 0.717) is 6.10 Å². The molecule has 0 spiro atoms. The monoisotopic (exact) mass is 299 g/mol. The summed E-state index contributed by atoms with van der Waals surface area (Å²) in [6.45, 7) is 6.84. The lowest BCUT2D eigenvalue weighted by atomic mass is 9.94. The van der Waals surface area contributed by atoms with Gasteiger partial charge in [-0.05, 0) is 52.9 Å². The Bertz CT molecular complexity index is 300. The Hall–Kier alpha value is -0.610. The van der Waals surface area contributed by atoms with Crippen LogP contribution in [0.15, 0.2) is 0 Å². The third-order valence-electron chi connectivity index (χ3n) is 4.22. The fourth-order valence-electron chi connectivity index (χ4n) is 3.16. The lowest BCUT2D eigenvalue weighted by molar-refractivity contribution is -0.148. The maximum atomic E-state index is 12.0. The summed E-state index contributed by atoms with van der Waals surface area (Å²) >= 11 is 0. The molecule has 0 aliphatic heterocycles. The summed E-state index contributed by atoms with van der Waals surface area (Å²) in [5.74, 6) is -0.176. The van der Waals surface area contributed by atoms with Crippen molar-refractivity contribution in [3.8, 4) is 0 Å². The van der Waals surface area contributed by atoms with E-state index in [0.717, 1.165) is 25.9 Å². The molecule has 0 aromatic rings. The first-order valence-corrected chi connectivity index (χ1v) is 8.45. The van der Waals surface area contributed by atoms with Crippen LogP contribution in [0.1, 0.15) is 72.1 Å². The fraction of sp³-hybridized carbons (Fsp3) is 0.941. The standard InChI is InChI=1S/C17H33NO3/c1-14(2)18-17(3,16(19)20-4)12-8-9-13-21-15-10-6-5-7-11-15/h14-15,18H,5-13H2,1-4H3.